The summed E-state index contributed by atoms with van der Waals surface area (Å²) in [6.07, 6.45) is 1.54. The van der Waals surface area contributed by atoms with Gasteiger partial charge in [0.05, 0.1) is 6.10 Å². The van der Waals surface area contributed by atoms with Crippen LogP contribution in [-0.2, 0) is 4.79 Å². The molecule has 2 unspecified atom stereocenters. The fraction of sp³-hybridized carbons (Fsp3) is 0.625. The largest absolute Gasteiger partial charge is 0.392 e. The maximum absolute atomic E-state index is 10.7. The van der Waals surface area contributed by atoms with Crippen molar-refractivity contribution in [2.45, 2.75) is 26.4 Å². The zero-order chi connectivity index (χ0) is 8.15. The fourth-order valence-corrected chi connectivity index (χ4v) is 0.646. The Labute approximate surface area is 61.6 Å². The Morgan fingerprint density at radius 2 is 2.30 bits per heavy atom. The molecule has 0 radical (unpaired) electrons. The lowest BCUT2D eigenvalue weighted by molar-refractivity contribution is -0.123. The van der Waals surface area contributed by atoms with Crippen molar-refractivity contribution in [1.82, 2.24) is 0 Å². The SMILES string of the molecule is C=CCC(O)C(C)C(C)=O. The Morgan fingerprint density at radius 1 is 1.80 bits per heavy atom. The molecule has 2 atom stereocenters. The van der Waals surface area contributed by atoms with Gasteiger partial charge in [-0.3, -0.25) is 4.79 Å². The van der Waals surface area contributed by atoms with Gasteiger partial charge in [-0.2, -0.15) is 0 Å². The fourth-order valence-electron chi connectivity index (χ4n) is 0.646. The van der Waals surface area contributed by atoms with Crippen LogP contribution in [0.25, 0.3) is 0 Å². The second kappa shape index (κ2) is 4.23. The van der Waals surface area contributed by atoms with Crippen molar-refractivity contribution in [1.29, 1.82) is 0 Å². The van der Waals surface area contributed by atoms with Crippen molar-refractivity contribution >= 4 is 5.78 Å². The van der Waals surface area contributed by atoms with E-state index in [4.69, 9.17) is 0 Å². The number of Topliss-reactive ketones (excluding diaryl/α,β-unsaturated/α-hetero) is 1. The van der Waals surface area contributed by atoms with Gasteiger partial charge < -0.3 is 5.11 Å². The lowest BCUT2D eigenvalue weighted by Gasteiger charge is -2.13. The van der Waals surface area contributed by atoms with Gasteiger partial charge >= 0.3 is 0 Å². The Morgan fingerprint density at radius 3 is 2.60 bits per heavy atom. The molecule has 1 N–H and O–H groups in total. The van der Waals surface area contributed by atoms with Crippen LogP contribution in [0.5, 0.6) is 0 Å². The van der Waals surface area contributed by atoms with Gasteiger partial charge in [-0.25, -0.2) is 0 Å². The van der Waals surface area contributed by atoms with Crippen LogP contribution >= 0.6 is 0 Å². The maximum atomic E-state index is 10.7. The minimum atomic E-state index is -0.560. The molecule has 58 valence electrons. The number of hydrogen-bond donors (Lipinski definition) is 1. The van der Waals surface area contributed by atoms with Crippen molar-refractivity contribution in [3.05, 3.63) is 12.7 Å². The van der Waals surface area contributed by atoms with Crippen LogP contribution in [0.2, 0.25) is 0 Å². The summed E-state index contributed by atoms with van der Waals surface area (Å²) in [5, 5.41) is 9.20. The molecule has 0 spiro atoms. The number of hydrogen-bond acceptors (Lipinski definition) is 2. The van der Waals surface area contributed by atoms with Crippen LogP contribution in [0.1, 0.15) is 20.3 Å². The third-order valence-corrected chi connectivity index (χ3v) is 1.63. The maximum Gasteiger partial charge on any atom is 0.135 e. The summed E-state index contributed by atoms with van der Waals surface area (Å²) in [5.41, 5.74) is 0. The van der Waals surface area contributed by atoms with Gasteiger partial charge in [0, 0.05) is 5.92 Å². The zero-order valence-corrected chi connectivity index (χ0v) is 6.50. The molecular formula is C8H14O2. The molecule has 0 aromatic carbocycles. The van der Waals surface area contributed by atoms with Gasteiger partial charge in [0.25, 0.3) is 0 Å². The van der Waals surface area contributed by atoms with Crippen LogP contribution in [0, 0.1) is 5.92 Å². The van der Waals surface area contributed by atoms with E-state index in [0.717, 1.165) is 0 Å². The zero-order valence-electron chi connectivity index (χ0n) is 6.50. The second-order valence-corrected chi connectivity index (χ2v) is 2.49. The molecule has 0 bridgehead atoms. The highest BCUT2D eigenvalue weighted by Crippen LogP contribution is 2.07. The van der Waals surface area contributed by atoms with E-state index in [1.165, 1.54) is 6.92 Å². The average molecular weight is 142 g/mol. The molecule has 0 fully saturated rings. The number of ketones is 1. The standard InChI is InChI=1S/C8H14O2/c1-4-5-8(10)6(2)7(3)9/h4,6,8,10H,1,5H2,2-3H3. The van der Waals surface area contributed by atoms with Crippen LogP contribution in [0.3, 0.4) is 0 Å². The number of carbonyl (C=O) groups excluding carboxylic acids is 1. The van der Waals surface area contributed by atoms with Crippen molar-refractivity contribution in [3.63, 3.8) is 0 Å². The first-order chi connectivity index (χ1) is 4.59. The molecule has 0 saturated heterocycles. The third kappa shape index (κ3) is 2.78. The van der Waals surface area contributed by atoms with Crippen molar-refractivity contribution in [2.75, 3.05) is 0 Å². The Bertz CT molecular complexity index is 129. The highest BCUT2D eigenvalue weighted by Gasteiger charge is 2.16. The normalized spacial score (nSPS) is 15.9. The molecule has 2 nitrogen and oxygen atoms in total. The van der Waals surface area contributed by atoms with Crippen LogP contribution in [0.4, 0.5) is 0 Å². The number of aliphatic hydroxyl groups is 1. The molecule has 0 heterocycles. The smallest absolute Gasteiger partial charge is 0.135 e. The van der Waals surface area contributed by atoms with E-state index in [-0.39, 0.29) is 11.7 Å². The Kier molecular flexibility index (Phi) is 3.96. The summed E-state index contributed by atoms with van der Waals surface area (Å²) >= 11 is 0. The van der Waals surface area contributed by atoms with Gasteiger partial charge in [-0.05, 0) is 13.3 Å². The molecule has 2 heteroatoms. The van der Waals surface area contributed by atoms with E-state index in [1.54, 1.807) is 13.0 Å². The summed E-state index contributed by atoms with van der Waals surface area (Å²) < 4.78 is 0. The summed E-state index contributed by atoms with van der Waals surface area (Å²) in [6.45, 7) is 6.67. The second-order valence-electron chi connectivity index (χ2n) is 2.49. The molecule has 0 aromatic rings. The molecule has 0 aliphatic rings. The van der Waals surface area contributed by atoms with Crippen LogP contribution in [0.15, 0.2) is 12.7 Å². The third-order valence-electron chi connectivity index (χ3n) is 1.63. The molecule has 0 amide bonds. The molecule has 0 aromatic heterocycles. The Balaban J connectivity index is 3.80. The van der Waals surface area contributed by atoms with Gasteiger partial charge in [0.1, 0.15) is 5.78 Å². The lowest BCUT2D eigenvalue weighted by Crippen LogP contribution is -2.22. The van der Waals surface area contributed by atoms with E-state index in [1.807, 2.05) is 0 Å². The predicted octanol–water partition coefficient (Wildman–Crippen LogP) is 1.15. The van der Waals surface area contributed by atoms with E-state index in [2.05, 4.69) is 6.58 Å². The Hall–Kier alpha value is -0.630. The van der Waals surface area contributed by atoms with Crippen molar-refractivity contribution in [3.8, 4) is 0 Å². The topological polar surface area (TPSA) is 37.3 Å². The molecular weight excluding hydrogens is 128 g/mol. The number of aliphatic hydroxyl groups excluding tert-OH is 1. The lowest BCUT2D eigenvalue weighted by atomic mass is 9.98. The van der Waals surface area contributed by atoms with Gasteiger partial charge in [0.15, 0.2) is 0 Å². The highest BCUT2D eigenvalue weighted by molar-refractivity contribution is 5.78. The van der Waals surface area contributed by atoms with Crippen molar-refractivity contribution < 1.29 is 9.90 Å². The van der Waals surface area contributed by atoms with Crippen LogP contribution in [-0.4, -0.2) is 17.0 Å². The molecule has 10 heavy (non-hydrogen) atoms. The van der Waals surface area contributed by atoms with Crippen molar-refractivity contribution in [2.24, 2.45) is 5.92 Å². The highest BCUT2D eigenvalue weighted by atomic mass is 16.3. The first kappa shape index (κ1) is 9.37. The van der Waals surface area contributed by atoms with Crippen LogP contribution < -0.4 is 0 Å². The van der Waals surface area contributed by atoms with E-state index in [0.29, 0.717) is 6.42 Å². The van der Waals surface area contributed by atoms with E-state index in [9.17, 15) is 9.90 Å². The minimum Gasteiger partial charge on any atom is -0.392 e. The van der Waals surface area contributed by atoms with Gasteiger partial charge in [-0.15, -0.1) is 6.58 Å². The summed E-state index contributed by atoms with van der Waals surface area (Å²) in [5.74, 6) is -0.243. The summed E-state index contributed by atoms with van der Waals surface area (Å²) in [7, 11) is 0. The monoisotopic (exact) mass is 142 g/mol. The number of carbonyl (C=O) groups is 1. The quantitative estimate of drug-likeness (QED) is 0.598. The molecule has 0 saturated carbocycles. The summed E-state index contributed by atoms with van der Waals surface area (Å²) in [4.78, 5) is 10.7. The minimum absolute atomic E-state index is 0.0225. The molecule has 0 rings (SSSR count). The predicted molar refractivity (Wildman–Crippen MR) is 40.7 cm³/mol. The first-order valence-corrected chi connectivity index (χ1v) is 3.39. The number of rotatable bonds is 4. The summed E-state index contributed by atoms with van der Waals surface area (Å²) in [6, 6.07) is 0. The molecule has 0 aliphatic heterocycles. The van der Waals surface area contributed by atoms with Gasteiger partial charge in [-0.1, -0.05) is 13.0 Å². The van der Waals surface area contributed by atoms with E-state index >= 15 is 0 Å². The average Bonchev–Trinajstić information content (AvgIpc) is 1.87. The molecule has 0 aliphatic carbocycles. The first-order valence-electron chi connectivity index (χ1n) is 3.39. The van der Waals surface area contributed by atoms with Gasteiger partial charge in [0.2, 0.25) is 0 Å². The van der Waals surface area contributed by atoms with E-state index < -0.39 is 6.10 Å².